The van der Waals surface area contributed by atoms with Gasteiger partial charge in [-0.05, 0) is 51.2 Å². The summed E-state index contributed by atoms with van der Waals surface area (Å²) in [6.07, 6.45) is 1.60. The van der Waals surface area contributed by atoms with Crippen LogP contribution in [0.4, 0.5) is 11.8 Å². The van der Waals surface area contributed by atoms with E-state index in [2.05, 4.69) is 21.7 Å². The van der Waals surface area contributed by atoms with Gasteiger partial charge in [0, 0.05) is 26.4 Å². The van der Waals surface area contributed by atoms with Crippen molar-refractivity contribution in [2.45, 2.75) is 45.3 Å². The quantitative estimate of drug-likeness (QED) is 0.343. The number of ether oxygens (including phenoxy) is 1. The topological polar surface area (TPSA) is 112 Å². The van der Waals surface area contributed by atoms with Crippen LogP contribution in [0.15, 0.2) is 24.3 Å². The second kappa shape index (κ2) is 10.5. The highest BCUT2D eigenvalue weighted by molar-refractivity contribution is 7.21. The van der Waals surface area contributed by atoms with Crippen LogP contribution in [0.1, 0.15) is 31.9 Å². The second-order valence-electron chi connectivity index (χ2n) is 8.16. The predicted octanol–water partition coefficient (Wildman–Crippen LogP) is 3.44. The Balaban J connectivity index is 1.64. The Morgan fingerprint density at radius 1 is 1.19 bits per heavy atom. The van der Waals surface area contributed by atoms with Gasteiger partial charge in [0.2, 0.25) is 5.95 Å². The molecule has 3 aromatic rings. The highest BCUT2D eigenvalue weighted by atomic mass is 32.1. The Morgan fingerprint density at radius 2 is 2.03 bits per heavy atom. The Labute approximate surface area is 192 Å². The number of hydrogen-bond donors (Lipinski definition) is 4. The highest BCUT2D eigenvalue weighted by Gasteiger charge is 2.33. The lowest BCUT2D eigenvalue weighted by Gasteiger charge is -2.20. The average Bonchev–Trinajstić information content (AvgIpc) is 3.36. The first-order chi connectivity index (χ1) is 15.6. The minimum absolute atomic E-state index is 0.0788. The zero-order valence-electron chi connectivity index (χ0n) is 18.5. The second-order valence-corrected chi connectivity index (χ2v) is 9.19. The van der Waals surface area contributed by atoms with Gasteiger partial charge in [0.1, 0.15) is 10.8 Å². The summed E-state index contributed by atoms with van der Waals surface area (Å²) in [6.45, 7) is 6.12. The van der Waals surface area contributed by atoms with Gasteiger partial charge in [-0.3, -0.25) is 0 Å². The molecule has 0 aliphatic heterocycles. The van der Waals surface area contributed by atoms with E-state index in [1.807, 2.05) is 32.0 Å². The molecule has 1 fully saturated rings. The first-order valence-corrected chi connectivity index (χ1v) is 12.0. The number of nitrogens with one attached hydrogen (secondary N) is 2. The Bertz CT molecular complexity index is 1010. The predicted molar refractivity (Wildman–Crippen MR) is 128 cm³/mol. The van der Waals surface area contributed by atoms with Gasteiger partial charge in [-0.15, -0.1) is 11.3 Å². The van der Waals surface area contributed by atoms with Crippen molar-refractivity contribution >= 4 is 33.3 Å². The number of hydrogen-bond acceptors (Lipinski definition) is 9. The minimum Gasteiger partial charge on any atom is -0.396 e. The van der Waals surface area contributed by atoms with Gasteiger partial charge in [0.15, 0.2) is 0 Å². The van der Waals surface area contributed by atoms with Crippen LogP contribution in [0.3, 0.4) is 0 Å². The molecule has 32 heavy (non-hydrogen) atoms. The van der Waals surface area contributed by atoms with Gasteiger partial charge >= 0.3 is 0 Å². The number of para-hydroxylation sites is 1. The van der Waals surface area contributed by atoms with Crippen LogP contribution in [-0.4, -0.2) is 63.7 Å². The van der Waals surface area contributed by atoms with Crippen LogP contribution in [0, 0.1) is 12.8 Å². The van der Waals surface area contributed by atoms with Crippen LogP contribution in [0.25, 0.3) is 20.8 Å². The van der Waals surface area contributed by atoms with Crippen molar-refractivity contribution in [3.63, 3.8) is 0 Å². The maximum Gasteiger partial charge on any atom is 0.224 e. The van der Waals surface area contributed by atoms with E-state index in [1.54, 1.807) is 11.3 Å². The van der Waals surface area contributed by atoms with Crippen molar-refractivity contribution in [3.05, 3.63) is 30.0 Å². The highest BCUT2D eigenvalue weighted by Crippen LogP contribution is 2.37. The van der Waals surface area contributed by atoms with E-state index >= 15 is 0 Å². The van der Waals surface area contributed by atoms with Gasteiger partial charge < -0.3 is 25.6 Å². The molecule has 172 valence electrons. The fraction of sp³-hybridized carbons (Fsp3) is 0.522. The third-order valence-electron chi connectivity index (χ3n) is 5.76. The van der Waals surface area contributed by atoms with Crippen molar-refractivity contribution in [3.8, 4) is 10.6 Å². The van der Waals surface area contributed by atoms with Crippen LogP contribution >= 0.6 is 11.3 Å². The molecule has 4 N–H and O–H groups in total. The number of anilines is 2. The Hall–Kier alpha value is -2.33. The van der Waals surface area contributed by atoms with Gasteiger partial charge in [0.05, 0.1) is 33.6 Å². The summed E-state index contributed by atoms with van der Waals surface area (Å²) in [5, 5.41) is 27.6. The molecule has 1 saturated carbocycles. The van der Waals surface area contributed by atoms with Gasteiger partial charge in [-0.2, -0.15) is 4.98 Å². The normalized spacial score (nSPS) is 20.7. The standard InChI is InChI=1S/C23H31N5O3S/c1-3-31-10-6-9-24-23-25-14(2)20(22-27-16-7-4-5-8-19(16)32-22)21(28-23)26-17-11-15(13-29)12-18(17)30/h4-5,7-8,15,17-18,29-30H,3,6,9-13H2,1-2H3,(H2,24,25,26,28)/t15-,17?,18+/m0/s1. The molecule has 8 nitrogen and oxygen atoms in total. The lowest BCUT2D eigenvalue weighted by atomic mass is 10.1. The largest absolute Gasteiger partial charge is 0.396 e. The van der Waals surface area contributed by atoms with E-state index in [0.29, 0.717) is 44.4 Å². The number of aryl methyl sites for hydroxylation is 1. The SMILES string of the molecule is CCOCCCNc1nc(C)c(-c2nc3ccccc3s2)c(NC2C[C@H](CO)C[C@H]2O)n1. The number of rotatable bonds is 10. The molecule has 0 bridgehead atoms. The van der Waals surface area contributed by atoms with Gasteiger partial charge in [-0.1, -0.05) is 12.1 Å². The van der Waals surface area contributed by atoms with Crippen molar-refractivity contribution in [1.82, 2.24) is 15.0 Å². The van der Waals surface area contributed by atoms with Crippen molar-refractivity contribution in [2.75, 3.05) is 37.0 Å². The number of thiazole rings is 1. The summed E-state index contributed by atoms with van der Waals surface area (Å²) < 4.78 is 6.50. The summed E-state index contributed by atoms with van der Waals surface area (Å²) in [5.74, 6) is 1.29. The van der Waals surface area contributed by atoms with E-state index < -0.39 is 6.10 Å². The number of aliphatic hydroxyl groups is 2. The third kappa shape index (κ3) is 5.17. The first kappa shape index (κ1) is 22.8. The monoisotopic (exact) mass is 457 g/mol. The number of benzene rings is 1. The fourth-order valence-electron chi connectivity index (χ4n) is 4.11. The van der Waals surface area contributed by atoms with Gasteiger partial charge in [-0.25, -0.2) is 9.97 Å². The van der Waals surface area contributed by atoms with Crippen LogP contribution in [0.2, 0.25) is 0 Å². The molecular formula is C23H31N5O3S. The molecule has 1 unspecified atom stereocenters. The van der Waals surface area contributed by atoms with Crippen LogP contribution in [-0.2, 0) is 4.74 Å². The smallest absolute Gasteiger partial charge is 0.224 e. The Morgan fingerprint density at radius 3 is 2.78 bits per heavy atom. The molecule has 0 amide bonds. The van der Waals surface area contributed by atoms with Crippen LogP contribution < -0.4 is 10.6 Å². The summed E-state index contributed by atoms with van der Waals surface area (Å²) in [4.78, 5) is 14.3. The average molecular weight is 458 g/mol. The van der Waals surface area contributed by atoms with Crippen molar-refractivity contribution < 1.29 is 14.9 Å². The molecule has 2 aromatic heterocycles. The lowest BCUT2D eigenvalue weighted by Crippen LogP contribution is -2.29. The summed E-state index contributed by atoms with van der Waals surface area (Å²) in [7, 11) is 0. The maximum absolute atomic E-state index is 10.5. The number of fused-ring (bicyclic) bond motifs is 1. The first-order valence-electron chi connectivity index (χ1n) is 11.2. The molecule has 0 saturated heterocycles. The molecule has 0 radical (unpaired) electrons. The molecule has 2 heterocycles. The molecule has 1 aliphatic rings. The molecular weight excluding hydrogens is 426 g/mol. The number of aromatic nitrogens is 3. The van der Waals surface area contributed by atoms with E-state index in [0.717, 1.165) is 32.9 Å². The Kier molecular flexibility index (Phi) is 7.51. The summed E-state index contributed by atoms with van der Waals surface area (Å²) in [5.41, 5.74) is 2.61. The van der Waals surface area contributed by atoms with Crippen molar-refractivity contribution in [1.29, 1.82) is 0 Å². The molecule has 4 rings (SSSR count). The van der Waals surface area contributed by atoms with Crippen molar-refractivity contribution in [2.24, 2.45) is 5.92 Å². The molecule has 1 aliphatic carbocycles. The molecule has 1 aromatic carbocycles. The van der Waals surface area contributed by atoms with E-state index in [1.165, 1.54) is 0 Å². The zero-order chi connectivity index (χ0) is 22.5. The van der Waals surface area contributed by atoms with E-state index in [4.69, 9.17) is 14.7 Å². The lowest BCUT2D eigenvalue weighted by molar-refractivity contribution is 0.147. The molecule has 3 atom stereocenters. The zero-order valence-corrected chi connectivity index (χ0v) is 19.4. The maximum atomic E-state index is 10.5. The summed E-state index contributed by atoms with van der Waals surface area (Å²) in [6, 6.07) is 7.86. The molecule has 0 spiro atoms. The number of aliphatic hydroxyl groups excluding tert-OH is 2. The molecule has 9 heteroatoms. The minimum atomic E-state index is -0.534. The van der Waals surface area contributed by atoms with Crippen LogP contribution in [0.5, 0.6) is 0 Å². The third-order valence-corrected chi connectivity index (χ3v) is 6.81. The van der Waals surface area contributed by atoms with E-state index in [9.17, 15) is 10.2 Å². The van der Waals surface area contributed by atoms with E-state index in [-0.39, 0.29) is 18.6 Å². The summed E-state index contributed by atoms with van der Waals surface area (Å²) >= 11 is 1.60. The number of nitrogens with zero attached hydrogens (tertiary/aromatic N) is 3. The fourth-order valence-corrected chi connectivity index (χ4v) is 5.17. The van der Waals surface area contributed by atoms with Gasteiger partial charge in [0.25, 0.3) is 0 Å².